The molecule has 1 saturated carbocycles. The SMILES string of the molecule is CC(C)(C)c1cnc2c(n1)N1c3ccccc3C3(C)C(C)(C1N2c1ccccc1)C31c2ccccc2N2c3ncc(C(C)(C)C)nc3N(c3ccccc3)C21. The molecule has 1 spiro atoms. The summed E-state index contributed by atoms with van der Waals surface area (Å²) in [6.07, 6.45) is 3.67. The molecule has 5 atom stereocenters. The molecule has 2 aromatic heterocycles. The van der Waals surface area contributed by atoms with Crippen LogP contribution in [0.15, 0.2) is 122 Å². The van der Waals surface area contributed by atoms with E-state index in [0.29, 0.717) is 0 Å². The first-order valence-corrected chi connectivity index (χ1v) is 19.6. The molecule has 0 N–H and O–H groups in total. The van der Waals surface area contributed by atoms with E-state index >= 15 is 0 Å². The van der Waals surface area contributed by atoms with E-state index < -0.39 is 10.8 Å². The van der Waals surface area contributed by atoms with Crippen LogP contribution in [0.25, 0.3) is 0 Å². The molecule has 4 aliphatic heterocycles. The summed E-state index contributed by atoms with van der Waals surface area (Å²) in [6.45, 7) is 18.4. The van der Waals surface area contributed by atoms with Gasteiger partial charge in [0.25, 0.3) is 0 Å². The summed E-state index contributed by atoms with van der Waals surface area (Å²) >= 11 is 0. The van der Waals surface area contributed by atoms with Crippen molar-refractivity contribution in [1.29, 1.82) is 0 Å². The van der Waals surface area contributed by atoms with Gasteiger partial charge >= 0.3 is 0 Å². The Kier molecular flexibility index (Phi) is 6.11. The fourth-order valence-electron chi connectivity index (χ4n) is 11.2. The van der Waals surface area contributed by atoms with Crippen LogP contribution < -0.4 is 19.6 Å². The minimum atomic E-state index is -0.450. The molecule has 8 heteroatoms. The quantitative estimate of drug-likeness (QED) is 0.175. The number of aromatic nitrogens is 4. The number of benzene rings is 4. The molecule has 11 rings (SSSR count). The smallest absolute Gasteiger partial charge is 0.178 e. The second kappa shape index (κ2) is 10.3. The third-order valence-corrected chi connectivity index (χ3v) is 13.7. The van der Waals surface area contributed by atoms with Crippen LogP contribution in [-0.2, 0) is 21.7 Å². The van der Waals surface area contributed by atoms with Crippen molar-refractivity contribution < 1.29 is 0 Å². The molecule has 5 unspecified atom stereocenters. The topological polar surface area (TPSA) is 64.5 Å². The van der Waals surface area contributed by atoms with Crippen LogP contribution in [0.3, 0.4) is 0 Å². The zero-order chi connectivity index (χ0) is 37.9. The molecule has 5 aliphatic rings. The Morgan fingerprint density at radius 2 is 0.891 bits per heavy atom. The van der Waals surface area contributed by atoms with E-state index in [1.807, 2.05) is 12.4 Å². The first kappa shape index (κ1) is 32.7. The van der Waals surface area contributed by atoms with E-state index in [9.17, 15) is 0 Å². The molecular weight excluding hydrogens is 677 g/mol. The van der Waals surface area contributed by atoms with Crippen molar-refractivity contribution in [2.24, 2.45) is 5.41 Å². The highest BCUT2D eigenvalue weighted by Crippen LogP contribution is 2.89. The van der Waals surface area contributed by atoms with Crippen LogP contribution in [0, 0.1) is 5.41 Å². The van der Waals surface area contributed by atoms with Gasteiger partial charge in [0.15, 0.2) is 23.3 Å². The predicted octanol–water partition coefficient (Wildman–Crippen LogP) is 10.3. The maximum absolute atomic E-state index is 5.52. The van der Waals surface area contributed by atoms with Gasteiger partial charge < -0.3 is 19.6 Å². The lowest BCUT2D eigenvalue weighted by Gasteiger charge is -2.44. The van der Waals surface area contributed by atoms with E-state index in [4.69, 9.17) is 19.9 Å². The van der Waals surface area contributed by atoms with Crippen LogP contribution in [0.2, 0.25) is 0 Å². The Hall–Kier alpha value is -5.76. The lowest BCUT2D eigenvalue weighted by molar-refractivity contribution is 0.337. The molecule has 4 aromatic carbocycles. The second-order valence-electron chi connectivity index (χ2n) is 18.4. The molecule has 6 aromatic rings. The summed E-state index contributed by atoms with van der Waals surface area (Å²) in [5.41, 5.74) is 7.68. The van der Waals surface area contributed by atoms with E-state index in [-0.39, 0.29) is 28.6 Å². The van der Waals surface area contributed by atoms with Gasteiger partial charge in [0, 0.05) is 44.4 Å². The number of hydrogen-bond donors (Lipinski definition) is 0. The molecule has 8 nitrogen and oxygen atoms in total. The molecule has 0 saturated heterocycles. The fourth-order valence-corrected chi connectivity index (χ4v) is 11.2. The first-order chi connectivity index (χ1) is 26.3. The van der Waals surface area contributed by atoms with Crippen molar-refractivity contribution >= 4 is 46.0 Å². The van der Waals surface area contributed by atoms with Gasteiger partial charge in [0.1, 0.15) is 12.3 Å². The van der Waals surface area contributed by atoms with E-state index in [1.165, 1.54) is 22.5 Å². The maximum Gasteiger partial charge on any atom is 0.178 e. The Labute approximate surface area is 323 Å². The molecule has 55 heavy (non-hydrogen) atoms. The highest BCUT2D eigenvalue weighted by molar-refractivity contribution is 5.96. The van der Waals surface area contributed by atoms with Crippen molar-refractivity contribution in [3.8, 4) is 0 Å². The summed E-state index contributed by atoms with van der Waals surface area (Å²) in [5, 5.41) is 0. The molecule has 0 amide bonds. The standard InChI is InChI=1S/C47H46N8/c1-43(2,3)35-28-49-38-39(50-35)53(30-21-13-10-14-22-30)42-47(32-24-16-18-26-34(32)54(38)42)45(7)31-23-15-17-25-33(31)55-40-37(48-27-36(51-40)44(4,5)6)52(41(55)46(45,47)8)29-19-11-9-12-20-29/h9-28,41-42H,1-8H3. The van der Waals surface area contributed by atoms with Gasteiger partial charge in [0.2, 0.25) is 0 Å². The minimum absolute atomic E-state index is 0.152. The highest BCUT2D eigenvalue weighted by Gasteiger charge is 2.95. The van der Waals surface area contributed by atoms with Crippen molar-refractivity contribution in [3.63, 3.8) is 0 Å². The summed E-state index contributed by atoms with van der Waals surface area (Å²) in [5.74, 6) is 3.61. The van der Waals surface area contributed by atoms with Crippen LogP contribution in [0.1, 0.15) is 77.9 Å². The number of nitrogens with zero attached hydrogens (tertiary/aromatic N) is 8. The molecule has 0 bridgehead atoms. The van der Waals surface area contributed by atoms with E-state index in [0.717, 1.165) is 46.0 Å². The molecular formula is C47H46N8. The highest BCUT2D eigenvalue weighted by atomic mass is 15.5. The van der Waals surface area contributed by atoms with Crippen molar-refractivity contribution in [3.05, 3.63) is 144 Å². The number of hydrogen-bond acceptors (Lipinski definition) is 8. The van der Waals surface area contributed by atoms with Gasteiger partial charge in [-0.25, -0.2) is 19.9 Å². The average molecular weight is 723 g/mol. The summed E-state index contributed by atoms with van der Waals surface area (Å²) in [6, 6.07) is 39.8. The van der Waals surface area contributed by atoms with Crippen molar-refractivity contribution in [2.45, 2.75) is 89.4 Å². The zero-order valence-electron chi connectivity index (χ0n) is 32.8. The van der Waals surface area contributed by atoms with Crippen LogP contribution in [-0.4, -0.2) is 32.3 Å². The van der Waals surface area contributed by atoms with Gasteiger partial charge in [-0.1, -0.05) is 128 Å². The van der Waals surface area contributed by atoms with Gasteiger partial charge in [-0.05, 0) is 47.5 Å². The number of para-hydroxylation sites is 4. The lowest BCUT2D eigenvalue weighted by Crippen LogP contribution is -2.53. The zero-order valence-corrected chi connectivity index (χ0v) is 32.8. The molecule has 6 heterocycles. The number of rotatable bonds is 2. The number of fused-ring (bicyclic) bond motifs is 17. The Bertz CT molecular complexity index is 2560. The summed E-state index contributed by atoms with van der Waals surface area (Å²) in [4.78, 5) is 31.7. The Balaban J connectivity index is 1.24. The van der Waals surface area contributed by atoms with Gasteiger partial charge in [-0.3, -0.25) is 0 Å². The van der Waals surface area contributed by atoms with Crippen molar-refractivity contribution in [2.75, 3.05) is 19.6 Å². The molecule has 0 radical (unpaired) electrons. The normalized spacial score (nSPS) is 26.6. The number of anilines is 8. The monoisotopic (exact) mass is 722 g/mol. The first-order valence-electron chi connectivity index (χ1n) is 19.6. The third-order valence-electron chi connectivity index (χ3n) is 13.7. The van der Waals surface area contributed by atoms with Crippen LogP contribution in [0.5, 0.6) is 0 Å². The minimum Gasteiger partial charge on any atom is -0.301 e. The van der Waals surface area contributed by atoms with Crippen LogP contribution in [0.4, 0.5) is 46.0 Å². The Morgan fingerprint density at radius 3 is 1.44 bits per heavy atom. The summed E-state index contributed by atoms with van der Waals surface area (Å²) < 4.78 is 0. The van der Waals surface area contributed by atoms with Gasteiger partial charge in [0.05, 0.1) is 29.2 Å². The predicted molar refractivity (Wildman–Crippen MR) is 221 cm³/mol. The van der Waals surface area contributed by atoms with Crippen LogP contribution >= 0.6 is 0 Å². The molecule has 274 valence electrons. The van der Waals surface area contributed by atoms with Gasteiger partial charge in [-0.2, -0.15) is 0 Å². The molecule has 1 aliphatic carbocycles. The average Bonchev–Trinajstić information content (AvgIpc) is 3.55. The van der Waals surface area contributed by atoms with Gasteiger partial charge in [-0.15, -0.1) is 0 Å². The van der Waals surface area contributed by atoms with E-state index in [2.05, 4.69) is 184 Å². The largest absolute Gasteiger partial charge is 0.301 e. The lowest BCUT2D eigenvalue weighted by atomic mass is 9.80. The molecule has 1 fully saturated rings. The Morgan fingerprint density at radius 1 is 0.473 bits per heavy atom. The fraction of sp³-hybridized carbons (Fsp3) is 0.319. The summed E-state index contributed by atoms with van der Waals surface area (Å²) in [7, 11) is 0. The second-order valence-corrected chi connectivity index (χ2v) is 18.4. The van der Waals surface area contributed by atoms with Crippen molar-refractivity contribution in [1.82, 2.24) is 19.9 Å². The maximum atomic E-state index is 5.52. The third kappa shape index (κ3) is 3.69. The van der Waals surface area contributed by atoms with E-state index in [1.54, 1.807) is 0 Å².